The number of carboxylic acid groups (broad SMARTS) is 1. The molecule has 7 N–H and O–H groups in total. The lowest BCUT2D eigenvalue weighted by atomic mass is 10.0. The standard InChI is InChI=1S/C33H42N6O3.C2HF3O2/c34-33(35)37-17-6-12-27-20-28(42-22-24-14-15-25-10-4-5-11-26(25)18-24)21-39(27)32(41)30(19-23-8-2-1-3-9-23)38-31(40)29-13-7-16-36-29;3-2(4,5)1(6)7/h1-5,8-11,14-15,18,27-30,36H,6-7,12-13,16-17,19-22H2,(H,38,40)(H4,34,35,37);(H,6,7)/t27-,28+,29+,30+;/m0./s1. The fourth-order valence-electron chi connectivity index (χ4n) is 6.05. The van der Waals surface area contributed by atoms with Gasteiger partial charge in [0.05, 0.1) is 18.8 Å². The van der Waals surface area contributed by atoms with Crippen LogP contribution < -0.4 is 22.1 Å². The van der Waals surface area contributed by atoms with Crippen LogP contribution in [-0.4, -0.2) is 83.8 Å². The topological polar surface area (TPSA) is 172 Å². The maximum atomic E-state index is 14.2. The highest BCUT2D eigenvalue weighted by Gasteiger charge is 2.40. The van der Waals surface area contributed by atoms with E-state index in [1.165, 1.54) is 10.8 Å². The highest BCUT2D eigenvalue weighted by Crippen LogP contribution is 2.27. The number of nitrogens with one attached hydrogen (secondary N) is 2. The normalized spacial score (nSPS) is 19.5. The summed E-state index contributed by atoms with van der Waals surface area (Å²) in [5.74, 6) is -2.88. The zero-order valence-electron chi connectivity index (χ0n) is 27.1. The zero-order chi connectivity index (χ0) is 35.4. The van der Waals surface area contributed by atoms with E-state index in [1.807, 2.05) is 47.4 Å². The molecule has 0 bridgehead atoms. The molecule has 0 saturated carbocycles. The van der Waals surface area contributed by atoms with Crippen LogP contribution in [-0.2, 0) is 32.1 Å². The van der Waals surface area contributed by atoms with Gasteiger partial charge in [-0.1, -0.05) is 66.7 Å². The third-order valence-corrected chi connectivity index (χ3v) is 8.47. The van der Waals surface area contributed by atoms with E-state index in [1.54, 1.807) is 0 Å². The molecule has 3 aromatic rings. The van der Waals surface area contributed by atoms with Gasteiger partial charge in [0, 0.05) is 25.6 Å². The number of likely N-dealkylation sites (tertiary alicyclic amines) is 1. The van der Waals surface area contributed by atoms with E-state index in [9.17, 15) is 22.8 Å². The molecular formula is C35H43F3N6O5. The Morgan fingerprint density at radius 2 is 1.71 bits per heavy atom. The summed E-state index contributed by atoms with van der Waals surface area (Å²) in [4.78, 5) is 42.2. The Morgan fingerprint density at radius 3 is 2.37 bits per heavy atom. The predicted molar refractivity (Wildman–Crippen MR) is 179 cm³/mol. The molecule has 0 aromatic heterocycles. The lowest BCUT2D eigenvalue weighted by Crippen LogP contribution is -2.54. The molecular weight excluding hydrogens is 641 g/mol. The van der Waals surface area contributed by atoms with Crippen LogP contribution in [0, 0.1) is 0 Å². The van der Waals surface area contributed by atoms with Crippen molar-refractivity contribution in [2.75, 3.05) is 19.6 Å². The molecule has 264 valence electrons. The fraction of sp³-hybridized carbons (Fsp3) is 0.429. The second kappa shape index (κ2) is 17.6. The molecule has 14 heteroatoms. The second-order valence-electron chi connectivity index (χ2n) is 12.1. The van der Waals surface area contributed by atoms with Crippen molar-refractivity contribution >= 4 is 34.5 Å². The fourth-order valence-corrected chi connectivity index (χ4v) is 6.05. The van der Waals surface area contributed by atoms with Crippen LogP contribution in [0.5, 0.6) is 0 Å². The van der Waals surface area contributed by atoms with Crippen LogP contribution in [0.15, 0.2) is 77.8 Å². The van der Waals surface area contributed by atoms with Crippen LogP contribution >= 0.6 is 0 Å². The number of nitrogens with two attached hydrogens (primary N) is 2. The number of carbonyl (C=O) groups is 3. The van der Waals surface area contributed by atoms with Gasteiger partial charge in [-0.05, 0) is 66.6 Å². The first kappa shape index (κ1) is 37.1. The Bertz CT molecular complexity index is 1580. The number of benzene rings is 3. The highest BCUT2D eigenvalue weighted by molar-refractivity contribution is 5.90. The Kier molecular flexibility index (Phi) is 13.4. The van der Waals surface area contributed by atoms with Crippen LogP contribution in [0.25, 0.3) is 10.8 Å². The first-order chi connectivity index (χ1) is 23.4. The molecule has 0 aliphatic carbocycles. The molecule has 49 heavy (non-hydrogen) atoms. The first-order valence-electron chi connectivity index (χ1n) is 16.2. The highest BCUT2D eigenvalue weighted by atomic mass is 19.4. The summed E-state index contributed by atoms with van der Waals surface area (Å²) < 4.78 is 38.1. The Labute approximate surface area is 282 Å². The second-order valence-corrected chi connectivity index (χ2v) is 12.1. The van der Waals surface area contributed by atoms with Gasteiger partial charge < -0.3 is 36.8 Å². The third kappa shape index (κ3) is 11.5. The number of fused-ring (bicyclic) bond motifs is 1. The van der Waals surface area contributed by atoms with Crippen molar-refractivity contribution in [3.05, 3.63) is 83.9 Å². The number of aliphatic imine (C=N–C) groups is 1. The van der Waals surface area contributed by atoms with Gasteiger partial charge in [0.1, 0.15) is 6.04 Å². The van der Waals surface area contributed by atoms with Gasteiger partial charge in [0.25, 0.3) is 0 Å². The maximum absolute atomic E-state index is 14.2. The molecule has 2 heterocycles. The third-order valence-electron chi connectivity index (χ3n) is 8.47. The average molecular weight is 685 g/mol. The predicted octanol–water partition coefficient (Wildman–Crippen LogP) is 3.49. The van der Waals surface area contributed by atoms with Crippen LogP contribution in [0.1, 0.15) is 43.2 Å². The molecule has 4 atom stereocenters. The number of carboxylic acids is 1. The van der Waals surface area contributed by atoms with Crippen molar-refractivity contribution in [3.63, 3.8) is 0 Å². The van der Waals surface area contributed by atoms with Gasteiger partial charge in [-0.3, -0.25) is 14.6 Å². The maximum Gasteiger partial charge on any atom is 0.490 e. The number of alkyl halides is 3. The van der Waals surface area contributed by atoms with E-state index in [4.69, 9.17) is 26.1 Å². The van der Waals surface area contributed by atoms with Crippen molar-refractivity contribution < 1.29 is 37.4 Å². The van der Waals surface area contributed by atoms with E-state index in [-0.39, 0.29) is 36.0 Å². The SMILES string of the molecule is NC(N)=NCCC[C@H]1C[C@@H](OCc2ccc3ccccc3c2)CN1C(=O)[C@@H](Cc1ccccc1)NC(=O)[C@H]1CCCN1.O=C(O)C(F)(F)F. The van der Waals surface area contributed by atoms with Crippen molar-refractivity contribution in [1.29, 1.82) is 0 Å². The Hall–Kier alpha value is -4.69. The molecule has 0 unspecified atom stereocenters. The monoisotopic (exact) mass is 684 g/mol. The summed E-state index contributed by atoms with van der Waals surface area (Å²) in [7, 11) is 0. The van der Waals surface area contributed by atoms with Crippen molar-refractivity contribution in [1.82, 2.24) is 15.5 Å². The number of hydrogen-bond donors (Lipinski definition) is 5. The molecule has 11 nitrogen and oxygen atoms in total. The first-order valence-corrected chi connectivity index (χ1v) is 16.2. The summed E-state index contributed by atoms with van der Waals surface area (Å²) in [5.41, 5.74) is 13.1. The van der Waals surface area contributed by atoms with Crippen molar-refractivity contribution in [2.45, 2.75) is 75.5 Å². The smallest absolute Gasteiger partial charge is 0.475 e. The number of rotatable bonds is 12. The van der Waals surface area contributed by atoms with E-state index >= 15 is 0 Å². The number of carbonyl (C=O) groups excluding carboxylic acids is 2. The zero-order valence-corrected chi connectivity index (χ0v) is 27.1. The van der Waals surface area contributed by atoms with Crippen molar-refractivity contribution in [2.24, 2.45) is 16.5 Å². The molecule has 0 radical (unpaired) electrons. The van der Waals surface area contributed by atoms with Gasteiger partial charge in [-0.15, -0.1) is 0 Å². The van der Waals surface area contributed by atoms with E-state index in [0.717, 1.165) is 49.8 Å². The Morgan fingerprint density at radius 1 is 1.02 bits per heavy atom. The van der Waals surface area contributed by atoms with Crippen molar-refractivity contribution in [3.8, 4) is 0 Å². The summed E-state index contributed by atoms with van der Waals surface area (Å²) >= 11 is 0. The molecule has 0 spiro atoms. The average Bonchev–Trinajstić information content (AvgIpc) is 3.76. The number of amides is 2. The molecule has 5 rings (SSSR count). The number of aliphatic carboxylic acids is 1. The quantitative estimate of drug-likeness (QED) is 0.110. The number of hydrogen-bond acceptors (Lipinski definition) is 6. The minimum atomic E-state index is -5.08. The van der Waals surface area contributed by atoms with Gasteiger partial charge >= 0.3 is 12.1 Å². The van der Waals surface area contributed by atoms with Crippen LogP contribution in [0.2, 0.25) is 0 Å². The molecule has 2 aliphatic heterocycles. The summed E-state index contributed by atoms with van der Waals surface area (Å²) in [6, 6.07) is 23.5. The summed E-state index contributed by atoms with van der Waals surface area (Å²) in [6.07, 6.45) is -0.830. The van der Waals surface area contributed by atoms with Gasteiger partial charge in [0.15, 0.2) is 5.96 Å². The van der Waals surface area contributed by atoms with Gasteiger partial charge in [-0.2, -0.15) is 13.2 Å². The van der Waals surface area contributed by atoms with Gasteiger partial charge in [0.2, 0.25) is 11.8 Å². The van der Waals surface area contributed by atoms with E-state index in [0.29, 0.717) is 26.1 Å². The van der Waals surface area contributed by atoms with Crippen LogP contribution in [0.4, 0.5) is 13.2 Å². The van der Waals surface area contributed by atoms with E-state index < -0.39 is 18.2 Å². The molecule has 2 saturated heterocycles. The summed E-state index contributed by atoms with van der Waals surface area (Å²) in [5, 5.41) is 15.8. The Balaban J connectivity index is 0.000000698. The number of ether oxygens (including phenoxy) is 1. The summed E-state index contributed by atoms with van der Waals surface area (Å²) in [6.45, 7) is 2.26. The lowest BCUT2D eigenvalue weighted by Gasteiger charge is -2.30. The van der Waals surface area contributed by atoms with Gasteiger partial charge in [-0.25, -0.2) is 4.79 Å². The number of guanidine groups is 1. The lowest BCUT2D eigenvalue weighted by molar-refractivity contribution is -0.192. The molecule has 2 fully saturated rings. The largest absolute Gasteiger partial charge is 0.490 e. The molecule has 2 aliphatic rings. The van der Waals surface area contributed by atoms with Crippen LogP contribution in [0.3, 0.4) is 0 Å². The number of nitrogens with zero attached hydrogens (tertiary/aromatic N) is 2. The minimum absolute atomic E-state index is 0.0342. The molecule has 3 aromatic carbocycles. The van der Waals surface area contributed by atoms with E-state index in [2.05, 4.69) is 46.0 Å². The minimum Gasteiger partial charge on any atom is -0.475 e. The number of halogens is 3. The molecule has 2 amide bonds.